The van der Waals surface area contributed by atoms with Gasteiger partial charge in [0.2, 0.25) is 0 Å². The van der Waals surface area contributed by atoms with Gasteiger partial charge in [0.15, 0.2) is 0 Å². The van der Waals surface area contributed by atoms with Gasteiger partial charge in [-0.25, -0.2) is 23.3 Å². The summed E-state index contributed by atoms with van der Waals surface area (Å²) in [5, 5.41) is 0. The number of hydrogen-bond donors (Lipinski definition) is 0. The molecule has 180 valence electrons. The van der Waals surface area contributed by atoms with E-state index in [1.165, 1.54) is 25.5 Å². The van der Waals surface area contributed by atoms with E-state index in [9.17, 15) is 0 Å². The average Bonchev–Trinajstić information content (AvgIpc) is 3.49. The van der Waals surface area contributed by atoms with E-state index in [4.69, 9.17) is 0 Å². The molecule has 0 aliphatic heterocycles. The molecule has 0 radical (unpaired) electrons. The van der Waals surface area contributed by atoms with Gasteiger partial charge in [-0.15, -0.1) is 12.8 Å². The van der Waals surface area contributed by atoms with Gasteiger partial charge in [-0.2, -0.15) is 12.2 Å². The molecule has 0 unspecified atom stereocenters. The fourth-order valence-electron chi connectivity index (χ4n) is 3.22. The van der Waals surface area contributed by atoms with Crippen molar-refractivity contribution in [1.29, 1.82) is 0 Å². The second-order valence-electron chi connectivity index (χ2n) is 10.0. The van der Waals surface area contributed by atoms with Crippen LogP contribution in [-0.4, -0.2) is 3.26 Å². The minimum atomic E-state index is 0. The van der Waals surface area contributed by atoms with Crippen molar-refractivity contribution in [2.45, 2.75) is 54.4 Å². The third-order valence-corrected chi connectivity index (χ3v) is 7.20. The van der Waals surface area contributed by atoms with Crippen LogP contribution in [0.3, 0.4) is 0 Å². The Bertz CT molecular complexity index is 902. The second kappa shape index (κ2) is 15.7. The maximum absolute atomic E-state index is 3.30. The maximum atomic E-state index is 3.30. The average molecular weight is 658 g/mol. The van der Waals surface area contributed by atoms with Crippen molar-refractivity contribution < 1.29 is 48.7 Å². The van der Waals surface area contributed by atoms with Crippen molar-refractivity contribution in [1.82, 2.24) is 0 Å². The summed E-state index contributed by atoms with van der Waals surface area (Å²) in [6.07, 6.45) is 17.3. The predicted octanol–water partition coefficient (Wildman–Crippen LogP) is 2.25. The van der Waals surface area contributed by atoms with E-state index in [2.05, 4.69) is 139 Å². The topological polar surface area (TPSA) is 0 Å². The summed E-state index contributed by atoms with van der Waals surface area (Å²) in [6.45, 7) is 13.3. The zero-order chi connectivity index (χ0) is 23.6. The molecule has 0 fully saturated rings. The Balaban J connectivity index is 0.000000485. The van der Waals surface area contributed by atoms with E-state index in [1.807, 2.05) is 0 Å². The summed E-state index contributed by atoms with van der Waals surface area (Å²) in [4.78, 5) is 0. The summed E-state index contributed by atoms with van der Waals surface area (Å²) in [5.74, 6) is 0. The molecule has 0 atom stereocenters. The molecule has 2 aliphatic carbocycles. The van der Waals surface area contributed by atoms with Crippen LogP contribution < -0.4 is 24.8 Å². The van der Waals surface area contributed by atoms with Crippen LogP contribution in [-0.2, 0) is 23.9 Å². The van der Waals surface area contributed by atoms with Crippen LogP contribution >= 0.6 is 0 Å². The molecule has 0 amide bonds. The fourth-order valence-corrected chi connectivity index (χ4v) is 4.41. The van der Waals surface area contributed by atoms with Crippen molar-refractivity contribution in [2.75, 3.05) is 0 Å². The monoisotopic (exact) mass is 658 g/mol. The number of allylic oxidation sites excluding steroid dienone is 8. The third-order valence-electron chi connectivity index (χ3n) is 5.13. The van der Waals surface area contributed by atoms with Crippen LogP contribution in [0.15, 0.2) is 96.1 Å². The molecule has 0 spiro atoms. The van der Waals surface area contributed by atoms with Gasteiger partial charge in [-0.05, 0) is 10.8 Å². The Hall–Kier alpha value is -1.28. The number of halogens is 2. The molecule has 0 aromatic heterocycles. The molecule has 0 nitrogen and oxygen atoms in total. The summed E-state index contributed by atoms with van der Waals surface area (Å²) >= 11 is 1.08. The van der Waals surface area contributed by atoms with Crippen LogP contribution in [0.1, 0.15) is 65.5 Å². The zero-order valence-electron chi connectivity index (χ0n) is 21.3. The van der Waals surface area contributed by atoms with E-state index in [1.54, 1.807) is 0 Å². The molecule has 2 aromatic rings. The van der Waals surface area contributed by atoms with Gasteiger partial charge in [0.1, 0.15) is 0 Å². The summed E-state index contributed by atoms with van der Waals surface area (Å²) in [5.41, 5.74) is 6.00. The third kappa shape index (κ3) is 11.4. The second-order valence-corrected chi connectivity index (χ2v) is 11.8. The van der Waals surface area contributed by atoms with Crippen LogP contribution in [0, 0.1) is 23.0 Å². The van der Waals surface area contributed by atoms with Crippen LogP contribution in [0.25, 0.3) is 0 Å². The fraction of sp³-hybridized carbons (Fsp3) is 0.323. The number of hydrogen-bond acceptors (Lipinski definition) is 0. The molecule has 2 aromatic carbocycles. The first kappa shape index (κ1) is 32.7. The Kier molecular flexibility index (Phi) is 15.1. The first-order valence-corrected chi connectivity index (χ1v) is 13.1. The quantitative estimate of drug-likeness (QED) is 0.344. The summed E-state index contributed by atoms with van der Waals surface area (Å²) in [6, 6.07) is 21.2. The molecule has 2 aliphatic rings. The van der Waals surface area contributed by atoms with Crippen molar-refractivity contribution in [2.24, 2.45) is 10.8 Å². The molecular weight excluding hydrogens is 622 g/mol. The zero-order valence-corrected chi connectivity index (χ0v) is 26.4. The van der Waals surface area contributed by atoms with Gasteiger partial charge in [-0.1, -0.05) is 41.5 Å². The van der Waals surface area contributed by atoms with Crippen LogP contribution in [0.5, 0.6) is 0 Å². The van der Waals surface area contributed by atoms with Gasteiger partial charge in [0.05, 0.1) is 0 Å². The van der Waals surface area contributed by atoms with Crippen molar-refractivity contribution in [3.05, 3.63) is 119 Å². The molecule has 0 N–H and O–H groups in total. The molecule has 0 saturated heterocycles. The Morgan fingerprint density at radius 1 is 0.618 bits per heavy atom. The van der Waals surface area contributed by atoms with Gasteiger partial charge in [0, 0.05) is 0 Å². The molecule has 0 bridgehead atoms. The van der Waals surface area contributed by atoms with E-state index >= 15 is 0 Å². The van der Waals surface area contributed by atoms with E-state index in [-0.39, 0.29) is 24.8 Å². The Labute approximate surface area is 235 Å². The standard InChI is InChI=1S/C13H10.2C9H13.2ClH.Hf/c1-3-7-12(8-4-1)11-13-9-5-2-6-10-13;2*1-9(2,3)8-6-4-5-7-8;;;/h1-10H;2*4,6H,5H2,1-3H3;2*1H;/q;2*-1;;;+2/p-2. The SMILES string of the molecule is CC(C)(C)C1=[C-]CC=C1.CC(C)(C)C1=[C-]CC=C1.[Cl-].[Cl-].[Hf+2]=[C](c1ccccc1)c1ccccc1. The van der Waals surface area contributed by atoms with Crippen molar-refractivity contribution >= 4 is 3.26 Å². The predicted molar refractivity (Wildman–Crippen MR) is 136 cm³/mol. The van der Waals surface area contributed by atoms with Crippen LogP contribution in [0.2, 0.25) is 0 Å². The molecule has 4 rings (SSSR count). The van der Waals surface area contributed by atoms with E-state index in [0.717, 1.165) is 36.7 Å². The van der Waals surface area contributed by atoms with Gasteiger partial charge >= 0.3 is 98.9 Å². The Morgan fingerprint density at radius 2 is 0.941 bits per heavy atom. The summed E-state index contributed by atoms with van der Waals surface area (Å²) in [7, 11) is 0. The molecule has 0 saturated carbocycles. The molecule has 34 heavy (non-hydrogen) atoms. The van der Waals surface area contributed by atoms with Crippen molar-refractivity contribution in [3.8, 4) is 0 Å². The first-order chi connectivity index (χ1) is 15.1. The van der Waals surface area contributed by atoms with Gasteiger partial charge < -0.3 is 24.8 Å². The van der Waals surface area contributed by atoms with Gasteiger partial charge in [-0.3, -0.25) is 12.2 Å². The number of benzene rings is 2. The first-order valence-electron chi connectivity index (χ1n) is 11.3. The van der Waals surface area contributed by atoms with Crippen molar-refractivity contribution in [3.63, 3.8) is 0 Å². The van der Waals surface area contributed by atoms with E-state index in [0.29, 0.717) is 10.8 Å². The summed E-state index contributed by atoms with van der Waals surface area (Å²) < 4.78 is 1.46. The molecule has 0 heterocycles. The molecule has 3 heteroatoms. The normalized spacial score (nSPS) is 13.8. The minimum absolute atomic E-state index is 0. The Morgan fingerprint density at radius 3 is 1.15 bits per heavy atom. The van der Waals surface area contributed by atoms with Crippen LogP contribution in [0.4, 0.5) is 0 Å². The van der Waals surface area contributed by atoms with Gasteiger partial charge in [0.25, 0.3) is 0 Å². The molecular formula is C31H36Cl2Hf-2. The van der Waals surface area contributed by atoms with E-state index < -0.39 is 0 Å². The number of rotatable bonds is 2.